The Morgan fingerprint density at radius 1 is 0.778 bits per heavy atom. The number of nitrogens with one attached hydrogen (secondary N) is 2. The van der Waals surface area contributed by atoms with E-state index >= 15 is 0 Å². The van der Waals surface area contributed by atoms with Crippen molar-refractivity contribution in [2.24, 2.45) is 10.2 Å². The van der Waals surface area contributed by atoms with Crippen LogP contribution < -0.4 is 15.6 Å². The Labute approximate surface area is 203 Å². The molecule has 0 aliphatic rings. The second-order valence-electron chi connectivity index (χ2n) is 6.94. The van der Waals surface area contributed by atoms with Gasteiger partial charge < -0.3 is 4.74 Å². The molecule has 2 amide bonds. The molecule has 0 bridgehead atoms. The molecule has 3 aromatic carbocycles. The van der Waals surface area contributed by atoms with Crippen molar-refractivity contribution in [3.63, 3.8) is 0 Å². The topological polar surface area (TPSA) is 178 Å². The fourth-order valence-corrected chi connectivity index (χ4v) is 2.81. The summed E-state index contributed by atoms with van der Waals surface area (Å²) < 4.78 is 5.32. The summed E-state index contributed by atoms with van der Waals surface area (Å²) >= 11 is 0. The van der Waals surface area contributed by atoms with Gasteiger partial charge in [0, 0.05) is 17.7 Å². The maximum atomic E-state index is 12.2. The number of benzene rings is 3. The number of hydrogen-bond acceptors (Lipinski definition) is 9. The summed E-state index contributed by atoms with van der Waals surface area (Å²) in [5.41, 5.74) is 4.88. The van der Waals surface area contributed by atoms with E-state index in [4.69, 9.17) is 4.74 Å². The van der Waals surface area contributed by atoms with Crippen LogP contribution in [0.4, 0.5) is 11.4 Å². The van der Waals surface area contributed by atoms with E-state index in [1.807, 2.05) is 0 Å². The summed E-state index contributed by atoms with van der Waals surface area (Å²) in [5, 5.41) is 29.4. The number of hydrazone groups is 2. The van der Waals surface area contributed by atoms with Gasteiger partial charge in [0.15, 0.2) is 6.61 Å². The molecule has 13 nitrogen and oxygen atoms in total. The maximum Gasteiger partial charge on any atom is 0.278 e. The number of ether oxygens (including phenoxy) is 1. The summed E-state index contributed by atoms with van der Waals surface area (Å²) in [7, 11) is 0. The Kier molecular flexibility index (Phi) is 8.48. The minimum atomic E-state index is -0.601. The molecule has 0 unspecified atom stereocenters. The maximum absolute atomic E-state index is 12.2. The highest BCUT2D eigenvalue weighted by Gasteiger charge is 2.12. The molecule has 0 fully saturated rings. The lowest BCUT2D eigenvalue weighted by molar-refractivity contribution is -0.385. The number of carbonyl (C=O) groups excluding carboxylic acids is 2. The first-order valence-electron chi connectivity index (χ1n) is 10.2. The zero-order chi connectivity index (χ0) is 25.9. The van der Waals surface area contributed by atoms with Gasteiger partial charge in [-0.25, -0.2) is 10.9 Å². The number of nitro groups is 2. The smallest absolute Gasteiger partial charge is 0.278 e. The standard InChI is InChI=1S/C23H18N6O7/c30-22(26-24-13-17-5-1-3-7-20(17)28(32)33)15-36-19-11-9-16(10-12-19)23(31)27-25-14-18-6-2-4-8-21(18)29(34)35/h1-14H,15H2,(H,26,30)(H,27,31)/b24-13+,25-14+. The highest BCUT2D eigenvalue weighted by Crippen LogP contribution is 2.16. The Morgan fingerprint density at radius 3 is 1.81 bits per heavy atom. The summed E-state index contributed by atoms with van der Waals surface area (Å²) in [6.07, 6.45) is 2.33. The van der Waals surface area contributed by atoms with Crippen LogP contribution in [0.2, 0.25) is 0 Å². The van der Waals surface area contributed by atoms with Crippen molar-refractivity contribution >= 4 is 35.6 Å². The van der Waals surface area contributed by atoms with Crippen LogP contribution in [0, 0.1) is 20.2 Å². The average Bonchev–Trinajstić information content (AvgIpc) is 2.88. The highest BCUT2D eigenvalue weighted by atomic mass is 16.6. The molecular weight excluding hydrogens is 472 g/mol. The first kappa shape index (κ1) is 25.2. The quantitative estimate of drug-likeness (QED) is 0.249. The molecule has 182 valence electrons. The van der Waals surface area contributed by atoms with E-state index in [2.05, 4.69) is 21.1 Å². The SMILES string of the molecule is O=C(COc1ccc(C(=O)N/N=C/c2ccccc2[N+](=O)[O-])cc1)N/N=C/c1ccccc1[N+](=O)[O-]. The first-order valence-corrected chi connectivity index (χ1v) is 10.2. The molecule has 0 saturated heterocycles. The van der Waals surface area contributed by atoms with E-state index in [0.717, 1.165) is 6.21 Å². The normalized spacial score (nSPS) is 10.8. The highest BCUT2D eigenvalue weighted by molar-refractivity contribution is 5.95. The van der Waals surface area contributed by atoms with Gasteiger partial charge in [0.1, 0.15) is 5.75 Å². The van der Waals surface area contributed by atoms with Crippen LogP contribution in [-0.2, 0) is 4.79 Å². The molecule has 0 atom stereocenters. The largest absolute Gasteiger partial charge is 0.484 e. The molecule has 0 aliphatic heterocycles. The van der Waals surface area contributed by atoms with Crippen LogP contribution in [0.5, 0.6) is 5.75 Å². The molecule has 0 aliphatic carbocycles. The van der Waals surface area contributed by atoms with Crippen molar-refractivity contribution in [3.8, 4) is 5.75 Å². The zero-order valence-corrected chi connectivity index (χ0v) is 18.4. The van der Waals surface area contributed by atoms with Crippen LogP contribution in [0.15, 0.2) is 83.0 Å². The molecule has 3 aromatic rings. The van der Waals surface area contributed by atoms with E-state index in [1.54, 1.807) is 12.1 Å². The third-order valence-electron chi connectivity index (χ3n) is 4.52. The van der Waals surface area contributed by atoms with Crippen molar-refractivity contribution in [1.82, 2.24) is 10.9 Å². The summed E-state index contributed by atoms with van der Waals surface area (Å²) in [4.78, 5) is 45.0. The van der Waals surface area contributed by atoms with E-state index in [-0.39, 0.29) is 34.7 Å². The molecule has 3 rings (SSSR count). The number of nitro benzene ring substituents is 2. The first-order chi connectivity index (χ1) is 17.3. The van der Waals surface area contributed by atoms with E-state index in [9.17, 15) is 29.8 Å². The van der Waals surface area contributed by atoms with Crippen molar-refractivity contribution in [2.75, 3.05) is 6.61 Å². The number of nitrogens with zero attached hydrogens (tertiary/aromatic N) is 4. The molecule has 2 N–H and O–H groups in total. The fourth-order valence-electron chi connectivity index (χ4n) is 2.81. The van der Waals surface area contributed by atoms with E-state index < -0.39 is 21.7 Å². The van der Waals surface area contributed by atoms with E-state index in [1.165, 1.54) is 66.9 Å². The summed E-state index contributed by atoms with van der Waals surface area (Å²) in [5.74, 6) is -0.859. The number of hydrogen-bond donors (Lipinski definition) is 2. The van der Waals surface area contributed by atoms with Gasteiger partial charge in [0.05, 0.1) is 33.4 Å². The molecule has 0 saturated carbocycles. The molecule has 0 heterocycles. The van der Waals surface area contributed by atoms with Gasteiger partial charge in [0.25, 0.3) is 23.2 Å². The van der Waals surface area contributed by atoms with Gasteiger partial charge >= 0.3 is 0 Å². The number of amides is 2. The molecule has 0 spiro atoms. The van der Waals surface area contributed by atoms with Crippen molar-refractivity contribution in [3.05, 3.63) is 110 Å². The monoisotopic (exact) mass is 490 g/mol. The third-order valence-corrected chi connectivity index (χ3v) is 4.52. The van der Waals surface area contributed by atoms with Crippen LogP contribution in [0.3, 0.4) is 0 Å². The molecule has 0 aromatic heterocycles. The van der Waals surface area contributed by atoms with Crippen LogP contribution >= 0.6 is 0 Å². The third kappa shape index (κ3) is 7.02. The van der Waals surface area contributed by atoms with Gasteiger partial charge in [-0.05, 0) is 36.4 Å². The van der Waals surface area contributed by atoms with Gasteiger partial charge in [-0.2, -0.15) is 10.2 Å². The molecule has 13 heteroatoms. The number of carbonyl (C=O) groups is 2. The Morgan fingerprint density at radius 2 is 1.28 bits per heavy atom. The molecule has 0 radical (unpaired) electrons. The Hall–Kier alpha value is -5.46. The number of para-hydroxylation sites is 2. The summed E-state index contributed by atoms with van der Waals surface area (Å²) in [6, 6.07) is 17.7. The second-order valence-corrected chi connectivity index (χ2v) is 6.94. The lowest BCUT2D eigenvalue weighted by Gasteiger charge is -2.06. The van der Waals surface area contributed by atoms with Crippen molar-refractivity contribution < 1.29 is 24.2 Å². The minimum Gasteiger partial charge on any atom is -0.484 e. The predicted molar refractivity (Wildman–Crippen MR) is 129 cm³/mol. The van der Waals surface area contributed by atoms with Crippen LogP contribution in [0.25, 0.3) is 0 Å². The van der Waals surface area contributed by atoms with Gasteiger partial charge in [0.2, 0.25) is 0 Å². The molecular formula is C23H18N6O7. The number of rotatable bonds is 10. The van der Waals surface area contributed by atoms with Gasteiger partial charge in [-0.15, -0.1) is 0 Å². The van der Waals surface area contributed by atoms with E-state index in [0.29, 0.717) is 5.75 Å². The minimum absolute atomic E-state index is 0.145. The fraction of sp³-hybridized carbons (Fsp3) is 0.0435. The van der Waals surface area contributed by atoms with Crippen molar-refractivity contribution in [1.29, 1.82) is 0 Å². The average molecular weight is 490 g/mol. The Balaban J connectivity index is 1.48. The van der Waals surface area contributed by atoms with Crippen molar-refractivity contribution in [2.45, 2.75) is 0 Å². The molecule has 36 heavy (non-hydrogen) atoms. The second kappa shape index (κ2) is 12.1. The predicted octanol–water partition coefficient (Wildman–Crippen LogP) is 2.80. The zero-order valence-electron chi connectivity index (χ0n) is 18.4. The van der Waals surface area contributed by atoms with Gasteiger partial charge in [-0.1, -0.05) is 24.3 Å². The summed E-state index contributed by atoms with van der Waals surface area (Å²) in [6.45, 7) is -0.389. The van der Waals surface area contributed by atoms with Gasteiger partial charge in [-0.3, -0.25) is 29.8 Å². The Bertz CT molecular complexity index is 1340. The van der Waals surface area contributed by atoms with Crippen LogP contribution in [0.1, 0.15) is 21.5 Å². The lowest BCUT2D eigenvalue weighted by Crippen LogP contribution is -2.24. The lowest BCUT2D eigenvalue weighted by atomic mass is 10.2. The van der Waals surface area contributed by atoms with Crippen LogP contribution in [-0.4, -0.2) is 40.7 Å².